The number of hydrogen-bond donors (Lipinski definition) is 2. The molecule has 4 saturated carbocycles. The number of para-hydroxylation sites is 1. The maximum Gasteiger partial charge on any atom is 0.227 e. The van der Waals surface area contributed by atoms with Crippen LogP contribution in [-0.4, -0.2) is 22.0 Å². The predicted octanol–water partition coefficient (Wildman–Crippen LogP) is 4.54. The molecule has 6 nitrogen and oxygen atoms in total. The van der Waals surface area contributed by atoms with Crippen molar-refractivity contribution in [3.05, 3.63) is 34.8 Å². The molecule has 31 heavy (non-hydrogen) atoms. The van der Waals surface area contributed by atoms with Gasteiger partial charge in [-0.15, -0.1) is 10.2 Å². The topological polar surface area (TPSA) is 84.0 Å². The Labute approximate surface area is 186 Å². The number of aromatic nitrogens is 2. The SMILES string of the molecule is O=C(CC[C@H]1Cc2ccccc2NC1=O)Nc1nnc(C23CC4CC(CC(C4)C2)C3)s1. The van der Waals surface area contributed by atoms with Crippen LogP contribution >= 0.6 is 11.3 Å². The van der Waals surface area contributed by atoms with Crippen molar-refractivity contribution in [3.63, 3.8) is 0 Å². The van der Waals surface area contributed by atoms with Crippen LogP contribution in [0.5, 0.6) is 0 Å². The van der Waals surface area contributed by atoms with Gasteiger partial charge in [0, 0.05) is 23.4 Å². The average molecular weight is 437 g/mol. The second-order valence-corrected chi connectivity index (χ2v) is 11.2. The zero-order chi connectivity index (χ0) is 21.0. The quantitative estimate of drug-likeness (QED) is 0.721. The zero-order valence-corrected chi connectivity index (χ0v) is 18.4. The van der Waals surface area contributed by atoms with Gasteiger partial charge in [0.05, 0.1) is 0 Å². The number of nitrogens with one attached hydrogen (secondary N) is 2. The second-order valence-electron chi connectivity index (χ2n) is 10.2. The first-order valence-corrected chi connectivity index (χ1v) is 12.4. The molecule has 1 aromatic heterocycles. The van der Waals surface area contributed by atoms with E-state index in [1.165, 1.54) is 38.5 Å². The molecule has 1 atom stereocenters. The lowest BCUT2D eigenvalue weighted by atomic mass is 9.50. The second kappa shape index (κ2) is 7.40. The number of carbonyl (C=O) groups is 2. The molecule has 2 amide bonds. The van der Waals surface area contributed by atoms with Crippen LogP contribution < -0.4 is 10.6 Å². The van der Waals surface area contributed by atoms with Crippen molar-refractivity contribution in [1.29, 1.82) is 0 Å². The van der Waals surface area contributed by atoms with Gasteiger partial charge < -0.3 is 10.6 Å². The van der Waals surface area contributed by atoms with Gasteiger partial charge >= 0.3 is 0 Å². The summed E-state index contributed by atoms with van der Waals surface area (Å²) in [7, 11) is 0. The van der Waals surface area contributed by atoms with Crippen molar-refractivity contribution in [2.45, 2.75) is 63.2 Å². The van der Waals surface area contributed by atoms with Crippen LogP contribution in [0.1, 0.15) is 61.9 Å². The first-order valence-electron chi connectivity index (χ1n) is 11.6. The van der Waals surface area contributed by atoms with E-state index in [-0.39, 0.29) is 23.1 Å². The van der Waals surface area contributed by atoms with E-state index in [2.05, 4.69) is 20.8 Å². The standard InChI is InChI=1S/C24H28N4O2S/c29-20(6-5-18-10-17-3-1-2-4-19(17)25-21(18)30)26-23-28-27-22(31-23)24-11-14-7-15(12-24)9-16(8-14)13-24/h1-4,14-16,18H,5-13H2,(H,25,30)(H,26,28,29)/t14?,15?,16?,18-,24?/m0/s1. The molecule has 0 radical (unpaired) electrons. The molecule has 1 aromatic carbocycles. The summed E-state index contributed by atoms with van der Waals surface area (Å²) >= 11 is 1.57. The summed E-state index contributed by atoms with van der Waals surface area (Å²) in [5.41, 5.74) is 2.24. The highest BCUT2D eigenvalue weighted by Crippen LogP contribution is 2.61. The predicted molar refractivity (Wildman–Crippen MR) is 120 cm³/mol. The van der Waals surface area contributed by atoms with Gasteiger partial charge in [0.2, 0.25) is 16.9 Å². The Morgan fingerprint density at radius 2 is 1.81 bits per heavy atom. The molecule has 4 bridgehead atoms. The van der Waals surface area contributed by atoms with Crippen LogP contribution in [0.3, 0.4) is 0 Å². The van der Waals surface area contributed by atoms with Crippen molar-refractivity contribution in [1.82, 2.24) is 10.2 Å². The smallest absolute Gasteiger partial charge is 0.227 e. The molecule has 2 aromatic rings. The van der Waals surface area contributed by atoms with E-state index in [1.807, 2.05) is 24.3 Å². The minimum Gasteiger partial charge on any atom is -0.326 e. The Bertz CT molecular complexity index is 997. The first kappa shape index (κ1) is 19.4. The molecule has 7 heteroatoms. The third-order valence-corrected chi connectivity index (χ3v) is 9.08. The van der Waals surface area contributed by atoms with Crippen LogP contribution in [0, 0.1) is 23.7 Å². The monoisotopic (exact) mass is 436 g/mol. The molecule has 5 aliphatic rings. The molecule has 0 spiro atoms. The van der Waals surface area contributed by atoms with Crippen molar-refractivity contribution < 1.29 is 9.59 Å². The van der Waals surface area contributed by atoms with E-state index in [9.17, 15) is 9.59 Å². The molecule has 1 aliphatic heterocycles. The summed E-state index contributed by atoms with van der Waals surface area (Å²) in [5.74, 6) is 2.34. The lowest BCUT2D eigenvalue weighted by Crippen LogP contribution is -2.48. The first-order chi connectivity index (χ1) is 15.1. The van der Waals surface area contributed by atoms with E-state index in [1.54, 1.807) is 11.3 Å². The number of fused-ring (bicyclic) bond motifs is 1. The van der Waals surface area contributed by atoms with Gasteiger partial charge in [-0.05, 0) is 80.8 Å². The average Bonchev–Trinajstić information content (AvgIpc) is 3.20. The van der Waals surface area contributed by atoms with E-state index in [0.29, 0.717) is 24.4 Å². The van der Waals surface area contributed by atoms with Gasteiger partial charge in [-0.2, -0.15) is 0 Å². The summed E-state index contributed by atoms with van der Waals surface area (Å²) in [5, 5.41) is 16.5. The lowest BCUT2D eigenvalue weighted by molar-refractivity contribution is -0.121. The van der Waals surface area contributed by atoms with Crippen molar-refractivity contribution >= 4 is 34.0 Å². The van der Waals surface area contributed by atoms with E-state index in [4.69, 9.17) is 0 Å². The van der Waals surface area contributed by atoms with Gasteiger partial charge in [0.1, 0.15) is 5.01 Å². The van der Waals surface area contributed by atoms with E-state index >= 15 is 0 Å². The maximum absolute atomic E-state index is 12.6. The van der Waals surface area contributed by atoms with Crippen molar-refractivity contribution in [3.8, 4) is 0 Å². The fourth-order valence-corrected chi connectivity index (χ4v) is 7.97. The summed E-state index contributed by atoms with van der Waals surface area (Å²) in [6, 6.07) is 7.87. The highest BCUT2D eigenvalue weighted by Gasteiger charge is 2.53. The van der Waals surface area contributed by atoms with Gasteiger partial charge in [-0.25, -0.2) is 0 Å². The Kier molecular flexibility index (Phi) is 4.63. The molecule has 4 fully saturated rings. The Hall–Kier alpha value is -2.28. The van der Waals surface area contributed by atoms with Gasteiger partial charge in [-0.1, -0.05) is 29.5 Å². The minimum atomic E-state index is -0.169. The van der Waals surface area contributed by atoms with Gasteiger partial charge in [0.15, 0.2) is 0 Å². The number of rotatable bonds is 5. The highest BCUT2D eigenvalue weighted by molar-refractivity contribution is 7.15. The molecule has 2 N–H and O–H groups in total. The number of hydrogen-bond acceptors (Lipinski definition) is 5. The number of nitrogens with zero attached hydrogens (tertiary/aromatic N) is 2. The van der Waals surface area contributed by atoms with Crippen LogP contribution in [0.15, 0.2) is 24.3 Å². The fraction of sp³-hybridized carbons (Fsp3) is 0.583. The number of anilines is 2. The molecule has 162 valence electrons. The summed E-state index contributed by atoms with van der Waals surface area (Å²) in [6.07, 6.45) is 9.49. The van der Waals surface area contributed by atoms with Crippen molar-refractivity contribution in [2.24, 2.45) is 23.7 Å². The third-order valence-electron chi connectivity index (χ3n) is 8.00. The van der Waals surface area contributed by atoms with Crippen LogP contribution in [0.25, 0.3) is 0 Å². The molecule has 7 rings (SSSR count). The third kappa shape index (κ3) is 3.56. The largest absolute Gasteiger partial charge is 0.326 e. The Balaban J connectivity index is 1.07. The summed E-state index contributed by atoms with van der Waals surface area (Å²) in [6.45, 7) is 0. The fourth-order valence-electron chi connectivity index (χ4n) is 6.99. The van der Waals surface area contributed by atoms with Gasteiger partial charge in [-0.3, -0.25) is 9.59 Å². The molecular weight excluding hydrogens is 408 g/mol. The minimum absolute atomic E-state index is 0.00603. The molecule has 0 saturated heterocycles. The molecule has 2 heterocycles. The maximum atomic E-state index is 12.6. The van der Waals surface area contributed by atoms with Gasteiger partial charge in [0.25, 0.3) is 0 Å². The van der Waals surface area contributed by atoms with E-state index < -0.39 is 0 Å². The highest BCUT2D eigenvalue weighted by atomic mass is 32.1. The molecule has 4 aliphatic carbocycles. The summed E-state index contributed by atoms with van der Waals surface area (Å²) < 4.78 is 0. The Morgan fingerprint density at radius 1 is 1.10 bits per heavy atom. The van der Waals surface area contributed by atoms with Crippen LogP contribution in [0.4, 0.5) is 10.8 Å². The zero-order valence-electron chi connectivity index (χ0n) is 17.6. The van der Waals surface area contributed by atoms with Crippen molar-refractivity contribution in [2.75, 3.05) is 10.6 Å². The molecule has 0 unspecified atom stereocenters. The number of carbonyl (C=O) groups excluding carboxylic acids is 2. The lowest BCUT2D eigenvalue weighted by Gasteiger charge is -2.55. The Morgan fingerprint density at radius 3 is 2.55 bits per heavy atom. The normalized spacial score (nSPS) is 33.1. The number of amides is 2. The molecular formula is C24H28N4O2S. The van der Waals surface area contributed by atoms with Crippen LogP contribution in [0.2, 0.25) is 0 Å². The van der Waals surface area contributed by atoms with Crippen LogP contribution in [-0.2, 0) is 21.4 Å². The summed E-state index contributed by atoms with van der Waals surface area (Å²) in [4.78, 5) is 24.9. The van der Waals surface area contributed by atoms with E-state index in [0.717, 1.165) is 34.0 Å². The number of benzene rings is 1.